The molecule has 0 heterocycles. The minimum Gasteiger partial charge on any atom is -0.326 e. The van der Waals surface area contributed by atoms with Crippen LogP contribution in [-0.2, 0) is 16.6 Å². The molecule has 0 saturated carbocycles. The molecule has 1 unspecified atom stereocenters. The van der Waals surface area contributed by atoms with E-state index in [2.05, 4.69) is 4.72 Å². The number of sulfonamides is 1. The van der Waals surface area contributed by atoms with Crippen molar-refractivity contribution in [2.75, 3.05) is 0 Å². The Kier molecular flexibility index (Phi) is 5.40. The van der Waals surface area contributed by atoms with Crippen LogP contribution in [0.25, 0.3) is 0 Å². The molecule has 0 aliphatic rings. The third-order valence-corrected chi connectivity index (χ3v) is 4.81. The van der Waals surface area contributed by atoms with Gasteiger partial charge in [0.15, 0.2) is 0 Å². The fourth-order valence-corrected chi connectivity index (χ4v) is 3.62. The van der Waals surface area contributed by atoms with Gasteiger partial charge in [0.05, 0.1) is 11.3 Å². The average molecular weight is 324 g/mol. The minimum atomic E-state index is -4.42. The maximum Gasteiger partial charge on any atom is 0.390 e. The SMILES string of the molecule is Cc1cc(CN)cc(S(=O)(=O)NC(C)CC(F)(F)F)c1C. The van der Waals surface area contributed by atoms with Crippen LogP contribution in [0.4, 0.5) is 13.2 Å². The first-order chi connectivity index (χ1) is 9.46. The van der Waals surface area contributed by atoms with Crippen molar-refractivity contribution in [1.29, 1.82) is 0 Å². The van der Waals surface area contributed by atoms with E-state index in [1.165, 1.54) is 13.0 Å². The lowest BCUT2D eigenvalue weighted by Gasteiger charge is -2.18. The highest BCUT2D eigenvalue weighted by Crippen LogP contribution is 2.24. The van der Waals surface area contributed by atoms with Crippen LogP contribution in [0, 0.1) is 13.8 Å². The van der Waals surface area contributed by atoms with E-state index in [0.717, 1.165) is 5.56 Å². The van der Waals surface area contributed by atoms with Crippen LogP contribution in [0.3, 0.4) is 0 Å². The molecule has 120 valence electrons. The topological polar surface area (TPSA) is 72.2 Å². The molecule has 0 radical (unpaired) electrons. The summed E-state index contributed by atoms with van der Waals surface area (Å²) in [4.78, 5) is -0.0306. The molecule has 1 aromatic carbocycles. The number of halogens is 3. The highest BCUT2D eigenvalue weighted by molar-refractivity contribution is 7.89. The van der Waals surface area contributed by atoms with Crippen molar-refractivity contribution in [1.82, 2.24) is 4.72 Å². The summed E-state index contributed by atoms with van der Waals surface area (Å²) in [6.45, 7) is 4.67. The molecule has 3 N–H and O–H groups in total. The monoisotopic (exact) mass is 324 g/mol. The lowest BCUT2D eigenvalue weighted by Crippen LogP contribution is -2.36. The number of hydrogen-bond donors (Lipinski definition) is 2. The van der Waals surface area contributed by atoms with Crippen molar-refractivity contribution in [2.24, 2.45) is 5.73 Å². The van der Waals surface area contributed by atoms with Crippen molar-refractivity contribution < 1.29 is 21.6 Å². The zero-order chi connectivity index (χ0) is 16.4. The summed E-state index contributed by atoms with van der Waals surface area (Å²) in [6, 6.07) is 1.91. The molecular weight excluding hydrogens is 305 g/mol. The highest BCUT2D eigenvalue weighted by Gasteiger charge is 2.32. The Morgan fingerprint density at radius 3 is 2.33 bits per heavy atom. The first-order valence-corrected chi connectivity index (χ1v) is 7.84. The van der Waals surface area contributed by atoms with Crippen LogP contribution in [0.5, 0.6) is 0 Å². The van der Waals surface area contributed by atoms with Crippen LogP contribution in [0.1, 0.15) is 30.0 Å². The van der Waals surface area contributed by atoms with Gasteiger partial charge < -0.3 is 5.73 Å². The predicted molar refractivity (Wildman–Crippen MR) is 74.3 cm³/mol. The molecule has 1 atom stereocenters. The van der Waals surface area contributed by atoms with Gasteiger partial charge in [0.25, 0.3) is 0 Å². The fourth-order valence-electron chi connectivity index (χ4n) is 2.01. The molecule has 4 nitrogen and oxygen atoms in total. The smallest absolute Gasteiger partial charge is 0.326 e. The van der Waals surface area contributed by atoms with E-state index < -0.39 is 28.7 Å². The van der Waals surface area contributed by atoms with Gasteiger partial charge >= 0.3 is 6.18 Å². The van der Waals surface area contributed by atoms with Crippen molar-refractivity contribution in [3.8, 4) is 0 Å². The molecule has 0 bridgehead atoms. The van der Waals surface area contributed by atoms with Gasteiger partial charge in [0.2, 0.25) is 10.0 Å². The maximum atomic E-state index is 12.3. The Hall–Kier alpha value is -1.12. The standard InChI is InChI=1S/C13H19F3N2O2S/c1-8-4-11(7-17)5-12(10(8)3)21(19,20)18-9(2)6-13(14,15)16/h4-5,9,18H,6-7,17H2,1-3H3. The third-order valence-electron chi connectivity index (χ3n) is 3.10. The first kappa shape index (κ1) is 17.9. The Bertz CT molecular complexity index is 613. The number of nitrogens with one attached hydrogen (secondary N) is 1. The predicted octanol–water partition coefficient (Wildman–Crippen LogP) is 2.38. The van der Waals surface area contributed by atoms with Crippen molar-refractivity contribution in [3.05, 3.63) is 28.8 Å². The quantitative estimate of drug-likeness (QED) is 0.873. The average Bonchev–Trinajstić information content (AvgIpc) is 2.28. The van der Waals surface area contributed by atoms with Gasteiger partial charge in [-0.1, -0.05) is 6.07 Å². The fraction of sp³-hybridized carbons (Fsp3) is 0.538. The lowest BCUT2D eigenvalue weighted by molar-refractivity contribution is -0.137. The Balaban J connectivity index is 3.11. The molecule has 0 spiro atoms. The molecule has 0 aromatic heterocycles. The van der Waals surface area contributed by atoms with E-state index in [4.69, 9.17) is 5.73 Å². The molecule has 0 saturated heterocycles. The van der Waals surface area contributed by atoms with E-state index >= 15 is 0 Å². The summed E-state index contributed by atoms with van der Waals surface area (Å²) in [5.41, 5.74) is 7.34. The molecular formula is C13H19F3N2O2S. The maximum absolute atomic E-state index is 12.3. The number of hydrogen-bond acceptors (Lipinski definition) is 3. The van der Waals surface area contributed by atoms with Gasteiger partial charge in [-0.15, -0.1) is 0 Å². The van der Waals surface area contributed by atoms with Gasteiger partial charge in [-0.25, -0.2) is 13.1 Å². The van der Waals surface area contributed by atoms with Gasteiger partial charge in [-0.2, -0.15) is 13.2 Å². The van der Waals surface area contributed by atoms with Gasteiger partial charge in [-0.05, 0) is 43.5 Å². The molecule has 1 rings (SSSR count). The Morgan fingerprint density at radius 1 is 1.29 bits per heavy atom. The van der Waals surface area contributed by atoms with Gasteiger partial charge in [0.1, 0.15) is 0 Å². The molecule has 0 fully saturated rings. The van der Waals surface area contributed by atoms with Crippen LogP contribution in [0.15, 0.2) is 17.0 Å². The summed E-state index contributed by atoms with van der Waals surface area (Å²) >= 11 is 0. The van der Waals surface area contributed by atoms with E-state index in [1.807, 2.05) is 0 Å². The second kappa shape index (κ2) is 6.33. The lowest BCUT2D eigenvalue weighted by atomic mass is 10.1. The second-order valence-electron chi connectivity index (χ2n) is 5.08. The molecule has 0 aliphatic carbocycles. The van der Waals surface area contributed by atoms with Crippen LogP contribution < -0.4 is 10.5 Å². The third kappa shape index (κ3) is 4.98. The Morgan fingerprint density at radius 2 is 1.86 bits per heavy atom. The summed E-state index contributed by atoms with van der Waals surface area (Å²) in [5, 5.41) is 0. The zero-order valence-electron chi connectivity index (χ0n) is 12.1. The molecule has 0 amide bonds. The van der Waals surface area contributed by atoms with E-state index in [9.17, 15) is 21.6 Å². The minimum absolute atomic E-state index is 0.0306. The van der Waals surface area contributed by atoms with E-state index in [0.29, 0.717) is 11.1 Å². The van der Waals surface area contributed by atoms with Crippen LogP contribution in [0.2, 0.25) is 0 Å². The first-order valence-electron chi connectivity index (χ1n) is 6.35. The Labute approximate surface area is 122 Å². The molecule has 21 heavy (non-hydrogen) atoms. The van der Waals surface area contributed by atoms with Crippen molar-refractivity contribution >= 4 is 10.0 Å². The number of aryl methyl sites for hydroxylation is 1. The second-order valence-corrected chi connectivity index (χ2v) is 6.76. The summed E-state index contributed by atoms with van der Waals surface area (Å²) in [5.74, 6) is 0. The summed E-state index contributed by atoms with van der Waals surface area (Å²) in [7, 11) is -4.02. The molecule has 1 aromatic rings. The normalized spacial score (nSPS) is 14.2. The summed E-state index contributed by atoms with van der Waals surface area (Å²) < 4.78 is 63.4. The van der Waals surface area contributed by atoms with E-state index in [-0.39, 0.29) is 11.4 Å². The largest absolute Gasteiger partial charge is 0.390 e. The molecule has 8 heteroatoms. The number of nitrogens with two attached hydrogens (primary N) is 1. The van der Waals surface area contributed by atoms with Crippen molar-refractivity contribution in [3.63, 3.8) is 0 Å². The number of benzene rings is 1. The van der Waals surface area contributed by atoms with Crippen LogP contribution in [-0.4, -0.2) is 20.6 Å². The molecule has 0 aliphatic heterocycles. The van der Waals surface area contributed by atoms with E-state index in [1.54, 1.807) is 19.9 Å². The van der Waals surface area contributed by atoms with Crippen LogP contribution >= 0.6 is 0 Å². The van der Waals surface area contributed by atoms with Crippen molar-refractivity contribution in [2.45, 2.75) is 50.9 Å². The highest BCUT2D eigenvalue weighted by atomic mass is 32.2. The van der Waals surface area contributed by atoms with Gasteiger partial charge in [-0.3, -0.25) is 0 Å². The summed E-state index contributed by atoms with van der Waals surface area (Å²) in [6.07, 6.45) is -5.65. The number of alkyl halides is 3. The zero-order valence-corrected chi connectivity index (χ0v) is 12.9. The number of rotatable bonds is 5. The van der Waals surface area contributed by atoms with Gasteiger partial charge in [0, 0.05) is 12.6 Å².